The summed E-state index contributed by atoms with van der Waals surface area (Å²) in [5.74, 6) is -0.599. The van der Waals surface area contributed by atoms with Crippen molar-refractivity contribution in [3.63, 3.8) is 0 Å². The van der Waals surface area contributed by atoms with Gasteiger partial charge in [-0.15, -0.1) is 0 Å². The van der Waals surface area contributed by atoms with Gasteiger partial charge >= 0.3 is 12.1 Å². The van der Waals surface area contributed by atoms with Gasteiger partial charge in [-0.1, -0.05) is 5.16 Å². The lowest BCUT2D eigenvalue weighted by atomic mass is 10.1. The van der Waals surface area contributed by atoms with Crippen LogP contribution in [0.2, 0.25) is 0 Å². The van der Waals surface area contributed by atoms with E-state index >= 15 is 0 Å². The van der Waals surface area contributed by atoms with Crippen LogP contribution in [0, 0.1) is 25.2 Å². The lowest BCUT2D eigenvalue weighted by Crippen LogP contribution is -2.07. The molecule has 156 valence electrons. The largest absolute Gasteiger partial charge is 0.493 e. The van der Waals surface area contributed by atoms with E-state index < -0.39 is 12.1 Å². The minimum absolute atomic E-state index is 0.142. The number of alkyl halides is 3. The topological polar surface area (TPSA) is 107 Å². The fourth-order valence-corrected chi connectivity index (χ4v) is 2.62. The van der Waals surface area contributed by atoms with Gasteiger partial charge in [-0.25, -0.2) is 9.97 Å². The van der Waals surface area contributed by atoms with Crippen LogP contribution in [0.3, 0.4) is 0 Å². The molecule has 2 heterocycles. The highest BCUT2D eigenvalue weighted by molar-refractivity contribution is 5.61. The molecule has 0 radical (unpaired) electrons. The van der Waals surface area contributed by atoms with Crippen molar-refractivity contribution in [3.8, 4) is 29.1 Å². The van der Waals surface area contributed by atoms with E-state index in [1.54, 1.807) is 26.0 Å². The van der Waals surface area contributed by atoms with Gasteiger partial charge in [0, 0.05) is 12.0 Å². The average molecular weight is 419 g/mol. The Morgan fingerprint density at radius 1 is 1.07 bits per heavy atom. The Balaban J connectivity index is 1.56. The van der Waals surface area contributed by atoms with Crippen LogP contribution in [0.1, 0.15) is 29.1 Å². The number of nitriles is 1. The monoisotopic (exact) mass is 419 g/mol. The third kappa shape index (κ3) is 5.02. The maximum Gasteiger partial charge on any atom is 0.471 e. The molecule has 8 nitrogen and oxygen atoms in total. The van der Waals surface area contributed by atoms with Crippen molar-refractivity contribution in [3.05, 3.63) is 47.2 Å². The SMILES string of the molecule is Cc1cc(-c2noc(C(F)(F)F)n2)cc(C)c1OCCCOc1cnc(C#N)cn1. The summed E-state index contributed by atoms with van der Waals surface area (Å²) in [6, 6.07) is 5.14. The summed E-state index contributed by atoms with van der Waals surface area (Å²) in [5.41, 5.74) is 2.05. The maximum atomic E-state index is 12.6. The number of ether oxygens (including phenoxy) is 2. The van der Waals surface area contributed by atoms with E-state index in [0.29, 0.717) is 36.8 Å². The summed E-state index contributed by atoms with van der Waals surface area (Å²) in [5, 5.41) is 12.1. The average Bonchev–Trinajstić information content (AvgIpc) is 3.20. The highest BCUT2D eigenvalue weighted by Gasteiger charge is 2.38. The van der Waals surface area contributed by atoms with Crippen LogP contribution in [0.15, 0.2) is 29.0 Å². The highest BCUT2D eigenvalue weighted by atomic mass is 19.4. The third-order valence-electron chi connectivity index (χ3n) is 3.91. The van der Waals surface area contributed by atoms with Gasteiger partial charge in [-0.2, -0.15) is 23.4 Å². The maximum absolute atomic E-state index is 12.6. The first-order valence-corrected chi connectivity index (χ1v) is 8.78. The number of benzene rings is 1. The minimum Gasteiger partial charge on any atom is -0.493 e. The quantitative estimate of drug-likeness (QED) is 0.531. The molecule has 0 aliphatic carbocycles. The Morgan fingerprint density at radius 3 is 2.33 bits per heavy atom. The Bertz CT molecular complexity index is 1040. The number of nitrogens with zero attached hydrogens (tertiary/aromatic N) is 5. The molecule has 0 bridgehead atoms. The molecule has 0 atom stereocenters. The van der Waals surface area contributed by atoms with Gasteiger partial charge in [0.25, 0.3) is 0 Å². The predicted octanol–water partition coefficient (Wildman–Crippen LogP) is 3.88. The Kier molecular flexibility index (Phi) is 6.15. The van der Waals surface area contributed by atoms with Crippen molar-refractivity contribution in [2.75, 3.05) is 13.2 Å². The molecule has 0 unspecified atom stereocenters. The predicted molar refractivity (Wildman–Crippen MR) is 96.6 cm³/mol. The molecule has 1 aromatic carbocycles. The zero-order chi connectivity index (χ0) is 21.7. The van der Waals surface area contributed by atoms with E-state index in [-0.39, 0.29) is 11.5 Å². The molecule has 2 aromatic heterocycles. The fraction of sp³-hybridized carbons (Fsp3) is 0.316. The van der Waals surface area contributed by atoms with Crippen molar-refractivity contribution >= 4 is 0 Å². The van der Waals surface area contributed by atoms with Crippen LogP contribution >= 0.6 is 0 Å². The fourth-order valence-electron chi connectivity index (χ4n) is 2.62. The summed E-state index contributed by atoms with van der Waals surface area (Å²) in [4.78, 5) is 11.2. The van der Waals surface area contributed by atoms with Crippen molar-refractivity contribution in [1.82, 2.24) is 20.1 Å². The van der Waals surface area contributed by atoms with Crippen molar-refractivity contribution in [2.24, 2.45) is 0 Å². The van der Waals surface area contributed by atoms with Crippen molar-refractivity contribution in [2.45, 2.75) is 26.4 Å². The normalized spacial score (nSPS) is 11.2. The first kappa shape index (κ1) is 21.0. The summed E-state index contributed by atoms with van der Waals surface area (Å²) in [6.07, 6.45) is -1.44. The summed E-state index contributed by atoms with van der Waals surface area (Å²) in [6.45, 7) is 4.24. The molecule has 0 spiro atoms. The lowest BCUT2D eigenvalue weighted by molar-refractivity contribution is -0.159. The van der Waals surface area contributed by atoms with E-state index in [1.807, 2.05) is 6.07 Å². The first-order valence-electron chi connectivity index (χ1n) is 8.78. The summed E-state index contributed by atoms with van der Waals surface area (Å²) < 4.78 is 53.4. The van der Waals surface area contributed by atoms with Gasteiger partial charge in [-0.05, 0) is 37.1 Å². The van der Waals surface area contributed by atoms with Gasteiger partial charge in [0.1, 0.15) is 11.8 Å². The Hall–Kier alpha value is -3.68. The zero-order valence-corrected chi connectivity index (χ0v) is 16.0. The number of rotatable bonds is 7. The molecular formula is C19H16F3N5O3. The molecule has 0 fully saturated rings. The molecule has 3 aromatic rings. The molecule has 0 aliphatic rings. The van der Waals surface area contributed by atoms with Crippen LogP contribution < -0.4 is 9.47 Å². The second kappa shape index (κ2) is 8.77. The molecule has 11 heteroatoms. The van der Waals surface area contributed by atoms with E-state index in [9.17, 15) is 13.2 Å². The number of hydrogen-bond acceptors (Lipinski definition) is 8. The van der Waals surface area contributed by atoms with Crippen LogP contribution in [-0.2, 0) is 6.18 Å². The molecule has 30 heavy (non-hydrogen) atoms. The smallest absolute Gasteiger partial charge is 0.471 e. The van der Waals surface area contributed by atoms with Crippen molar-refractivity contribution < 1.29 is 27.2 Å². The highest BCUT2D eigenvalue weighted by Crippen LogP contribution is 2.32. The second-order valence-corrected chi connectivity index (χ2v) is 6.26. The van der Waals surface area contributed by atoms with E-state index in [0.717, 1.165) is 11.1 Å². The van der Waals surface area contributed by atoms with Gasteiger partial charge in [0.2, 0.25) is 11.7 Å². The van der Waals surface area contributed by atoms with Gasteiger partial charge in [0.15, 0.2) is 5.69 Å². The minimum atomic E-state index is -4.69. The van der Waals surface area contributed by atoms with Gasteiger partial charge in [0.05, 0.1) is 25.6 Å². The number of halogens is 3. The van der Waals surface area contributed by atoms with Crippen LogP contribution in [-0.4, -0.2) is 33.3 Å². The van der Waals surface area contributed by atoms with E-state index in [1.165, 1.54) is 12.4 Å². The summed E-state index contributed by atoms with van der Waals surface area (Å²) in [7, 11) is 0. The Morgan fingerprint density at radius 2 is 1.77 bits per heavy atom. The van der Waals surface area contributed by atoms with Gasteiger partial charge in [-0.3, -0.25) is 0 Å². The second-order valence-electron chi connectivity index (χ2n) is 6.26. The number of aryl methyl sites for hydroxylation is 2. The van der Waals surface area contributed by atoms with E-state index in [4.69, 9.17) is 14.7 Å². The molecule has 0 saturated carbocycles. The van der Waals surface area contributed by atoms with Crippen LogP contribution in [0.4, 0.5) is 13.2 Å². The van der Waals surface area contributed by atoms with Gasteiger partial charge < -0.3 is 14.0 Å². The molecule has 0 aliphatic heterocycles. The van der Waals surface area contributed by atoms with Crippen LogP contribution in [0.5, 0.6) is 11.6 Å². The molecule has 0 N–H and O–H groups in total. The number of aromatic nitrogens is 4. The first-order chi connectivity index (χ1) is 14.3. The number of hydrogen-bond donors (Lipinski definition) is 0. The third-order valence-corrected chi connectivity index (χ3v) is 3.91. The summed E-state index contributed by atoms with van der Waals surface area (Å²) >= 11 is 0. The molecular weight excluding hydrogens is 403 g/mol. The molecule has 3 rings (SSSR count). The molecule has 0 amide bonds. The van der Waals surface area contributed by atoms with Crippen molar-refractivity contribution in [1.29, 1.82) is 5.26 Å². The standard InChI is InChI=1S/C19H16F3N5O3/c1-11-6-13(17-26-18(30-27-17)19(20,21)22)7-12(2)16(11)29-5-3-4-28-15-10-24-14(8-23)9-25-15/h6-7,9-10H,3-5H2,1-2H3. The lowest BCUT2D eigenvalue weighted by Gasteiger charge is -2.13. The molecule has 0 saturated heterocycles. The van der Waals surface area contributed by atoms with Crippen LogP contribution in [0.25, 0.3) is 11.4 Å². The zero-order valence-electron chi connectivity index (χ0n) is 16.0. The Labute approximate surface area is 169 Å². The van der Waals surface area contributed by atoms with E-state index in [2.05, 4.69) is 24.6 Å².